The molecule has 0 fully saturated rings. The molecule has 5 nitrogen and oxygen atoms in total. The molecule has 0 aliphatic heterocycles. The number of carbonyl (C=O) groups excluding carboxylic acids is 1. The van der Waals surface area contributed by atoms with Crippen LogP contribution < -0.4 is 5.32 Å². The van der Waals surface area contributed by atoms with Gasteiger partial charge in [-0.3, -0.25) is 10.1 Å². The van der Waals surface area contributed by atoms with Gasteiger partial charge in [-0.05, 0) is 42.5 Å². The number of ether oxygens (including phenoxy) is 2. The standard InChI is InChI=1S/C21H23FN2O3/c1-26-13-14-27-21(24-20(25)17-10-4-5-11-18(17)22)23-19-12-6-8-15-7-2-3-9-16(15)19/h2-5,7,9-11,19H,6,8,12-14H2,1H3,(H,23,24,25). The maximum atomic E-state index is 13.9. The Morgan fingerprint density at radius 1 is 1.19 bits per heavy atom. The molecular weight excluding hydrogens is 347 g/mol. The quantitative estimate of drug-likeness (QED) is 0.496. The number of nitrogens with zero attached hydrogens (tertiary/aromatic N) is 1. The lowest BCUT2D eigenvalue weighted by atomic mass is 9.88. The minimum Gasteiger partial charge on any atom is -0.463 e. The molecule has 1 amide bonds. The van der Waals surface area contributed by atoms with Crippen LogP contribution in [0.1, 0.15) is 40.4 Å². The van der Waals surface area contributed by atoms with Crippen molar-refractivity contribution in [2.45, 2.75) is 25.3 Å². The number of benzene rings is 2. The van der Waals surface area contributed by atoms with Gasteiger partial charge in [-0.2, -0.15) is 0 Å². The van der Waals surface area contributed by atoms with Crippen LogP contribution in [0.3, 0.4) is 0 Å². The number of aliphatic imine (C=N–C) groups is 1. The van der Waals surface area contributed by atoms with Crippen LogP contribution in [0.4, 0.5) is 4.39 Å². The van der Waals surface area contributed by atoms with Gasteiger partial charge in [0.25, 0.3) is 11.9 Å². The van der Waals surface area contributed by atoms with E-state index in [1.807, 2.05) is 18.2 Å². The third-order valence-corrected chi connectivity index (χ3v) is 4.48. The zero-order valence-electron chi connectivity index (χ0n) is 15.3. The summed E-state index contributed by atoms with van der Waals surface area (Å²) in [7, 11) is 1.56. The number of rotatable bonds is 5. The van der Waals surface area contributed by atoms with Crippen LogP contribution in [0.2, 0.25) is 0 Å². The highest BCUT2D eigenvalue weighted by atomic mass is 19.1. The molecule has 2 aromatic rings. The minimum absolute atomic E-state index is 0.0513. The summed E-state index contributed by atoms with van der Waals surface area (Å²) in [5.41, 5.74) is 2.34. The van der Waals surface area contributed by atoms with Gasteiger partial charge in [0.2, 0.25) is 0 Å². The first-order chi connectivity index (χ1) is 13.2. The number of amides is 1. The summed E-state index contributed by atoms with van der Waals surface area (Å²) in [6, 6.07) is 13.9. The molecule has 0 heterocycles. The summed E-state index contributed by atoms with van der Waals surface area (Å²) < 4.78 is 24.5. The molecule has 0 bridgehead atoms. The van der Waals surface area contributed by atoms with Crippen LogP contribution in [-0.4, -0.2) is 32.3 Å². The smallest absolute Gasteiger partial charge is 0.292 e. The summed E-state index contributed by atoms with van der Waals surface area (Å²) >= 11 is 0. The number of aryl methyl sites for hydroxylation is 1. The Bertz CT molecular complexity index is 823. The molecule has 6 heteroatoms. The summed E-state index contributed by atoms with van der Waals surface area (Å²) in [6.07, 6.45) is 2.89. The Hall–Kier alpha value is -2.73. The van der Waals surface area contributed by atoms with Crippen molar-refractivity contribution < 1.29 is 18.7 Å². The Labute approximate surface area is 158 Å². The van der Waals surface area contributed by atoms with Gasteiger partial charge in [0.05, 0.1) is 18.2 Å². The molecule has 1 unspecified atom stereocenters. The molecule has 0 spiro atoms. The van der Waals surface area contributed by atoms with Crippen molar-refractivity contribution in [2.75, 3.05) is 20.3 Å². The topological polar surface area (TPSA) is 59.9 Å². The van der Waals surface area contributed by atoms with Gasteiger partial charge in [-0.25, -0.2) is 9.38 Å². The summed E-state index contributed by atoms with van der Waals surface area (Å²) in [5, 5.41) is 2.60. The van der Waals surface area contributed by atoms with Crippen molar-refractivity contribution in [2.24, 2.45) is 4.99 Å². The van der Waals surface area contributed by atoms with Gasteiger partial charge >= 0.3 is 0 Å². The maximum absolute atomic E-state index is 13.9. The van der Waals surface area contributed by atoms with E-state index in [4.69, 9.17) is 9.47 Å². The van der Waals surface area contributed by atoms with E-state index >= 15 is 0 Å². The first-order valence-electron chi connectivity index (χ1n) is 9.02. The Morgan fingerprint density at radius 3 is 2.78 bits per heavy atom. The zero-order chi connectivity index (χ0) is 19.1. The van der Waals surface area contributed by atoms with Crippen LogP contribution in [0.5, 0.6) is 0 Å². The number of nitrogens with one attached hydrogen (secondary N) is 1. The summed E-state index contributed by atoms with van der Waals surface area (Å²) in [5.74, 6) is -1.18. The molecule has 1 aliphatic rings. The highest BCUT2D eigenvalue weighted by Crippen LogP contribution is 2.32. The number of fused-ring (bicyclic) bond motifs is 1. The second kappa shape index (κ2) is 9.28. The van der Waals surface area contributed by atoms with E-state index in [-0.39, 0.29) is 24.2 Å². The molecule has 3 rings (SSSR count). The maximum Gasteiger partial charge on any atom is 0.292 e. The molecule has 142 valence electrons. The average molecular weight is 370 g/mol. The third-order valence-electron chi connectivity index (χ3n) is 4.48. The molecule has 0 saturated carbocycles. The lowest BCUT2D eigenvalue weighted by molar-refractivity contribution is 0.0949. The van der Waals surface area contributed by atoms with Crippen molar-refractivity contribution >= 4 is 11.9 Å². The second-order valence-electron chi connectivity index (χ2n) is 6.32. The molecule has 0 radical (unpaired) electrons. The molecule has 0 aromatic heterocycles. The van der Waals surface area contributed by atoms with Crippen molar-refractivity contribution in [1.82, 2.24) is 5.32 Å². The second-order valence-corrected chi connectivity index (χ2v) is 6.32. The fourth-order valence-electron chi connectivity index (χ4n) is 3.14. The van der Waals surface area contributed by atoms with E-state index in [1.165, 1.54) is 23.8 Å². The monoisotopic (exact) mass is 370 g/mol. The van der Waals surface area contributed by atoms with Gasteiger partial charge in [-0.1, -0.05) is 36.4 Å². The van der Waals surface area contributed by atoms with E-state index < -0.39 is 11.7 Å². The van der Waals surface area contributed by atoms with Crippen LogP contribution in [0.15, 0.2) is 53.5 Å². The highest BCUT2D eigenvalue weighted by molar-refractivity contribution is 6.04. The van der Waals surface area contributed by atoms with Gasteiger partial charge < -0.3 is 9.47 Å². The number of hydrogen-bond donors (Lipinski definition) is 1. The molecule has 1 atom stereocenters. The van der Waals surface area contributed by atoms with Crippen LogP contribution in [0.25, 0.3) is 0 Å². The number of amidine groups is 1. The van der Waals surface area contributed by atoms with Crippen molar-refractivity contribution in [3.8, 4) is 0 Å². The Morgan fingerprint density at radius 2 is 1.96 bits per heavy atom. The number of carbonyl (C=O) groups is 1. The van der Waals surface area contributed by atoms with E-state index in [0.29, 0.717) is 6.61 Å². The van der Waals surface area contributed by atoms with Crippen molar-refractivity contribution in [1.29, 1.82) is 0 Å². The molecule has 1 N–H and O–H groups in total. The molecule has 1 aliphatic carbocycles. The SMILES string of the molecule is COCCOC(=NC1CCCc2ccccc21)NC(=O)c1ccccc1F. The van der Waals surface area contributed by atoms with Crippen molar-refractivity contribution in [3.63, 3.8) is 0 Å². The van der Waals surface area contributed by atoms with Gasteiger partial charge in [0.15, 0.2) is 0 Å². The first kappa shape index (κ1) is 19.0. The molecule has 2 aromatic carbocycles. The van der Waals surface area contributed by atoms with Crippen LogP contribution in [0, 0.1) is 5.82 Å². The third kappa shape index (κ3) is 4.92. The van der Waals surface area contributed by atoms with E-state index in [1.54, 1.807) is 13.2 Å². The average Bonchev–Trinajstić information content (AvgIpc) is 2.68. The van der Waals surface area contributed by atoms with Gasteiger partial charge in [-0.15, -0.1) is 0 Å². The van der Waals surface area contributed by atoms with Crippen molar-refractivity contribution in [3.05, 3.63) is 71.0 Å². The lowest BCUT2D eigenvalue weighted by Gasteiger charge is -2.23. The number of halogens is 1. The lowest BCUT2D eigenvalue weighted by Crippen LogP contribution is -2.34. The Balaban J connectivity index is 1.82. The van der Waals surface area contributed by atoms with Crippen LogP contribution in [-0.2, 0) is 15.9 Å². The van der Waals surface area contributed by atoms with E-state index in [2.05, 4.69) is 16.4 Å². The Kier molecular flexibility index (Phi) is 6.54. The fraction of sp³-hybridized carbons (Fsp3) is 0.333. The number of methoxy groups -OCH3 is 1. The fourth-order valence-corrected chi connectivity index (χ4v) is 3.14. The zero-order valence-corrected chi connectivity index (χ0v) is 15.3. The predicted octanol–water partition coefficient (Wildman–Crippen LogP) is 3.65. The molecule has 0 saturated heterocycles. The van der Waals surface area contributed by atoms with E-state index in [0.717, 1.165) is 24.8 Å². The van der Waals surface area contributed by atoms with E-state index in [9.17, 15) is 9.18 Å². The summed E-state index contributed by atoms with van der Waals surface area (Å²) in [4.78, 5) is 17.1. The van der Waals surface area contributed by atoms with Gasteiger partial charge in [0.1, 0.15) is 12.4 Å². The molecular formula is C21H23FN2O3. The first-order valence-corrected chi connectivity index (χ1v) is 9.02. The normalized spacial score (nSPS) is 16.5. The molecule has 27 heavy (non-hydrogen) atoms. The number of hydrogen-bond acceptors (Lipinski definition) is 4. The predicted molar refractivity (Wildman–Crippen MR) is 101 cm³/mol. The summed E-state index contributed by atoms with van der Waals surface area (Å²) in [6.45, 7) is 0.594. The largest absolute Gasteiger partial charge is 0.463 e. The minimum atomic E-state index is -0.589. The highest BCUT2D eigenvalue weighted by Gasteiger charge is 2.21. The van der Waals surface area contributed by atoms with Crippen LogP contribution >= 0.6 is 0 Å². The van der Waals surface area contributed by atoms with Gasteiger partial charge in [0, 0.05) is 7.11 Å².